The standard InChI is InChI=1S/C19H17N3O2/c1-14-6-2-3-7-16(14)13-24-17-9-5-11-21-18(17)22-19(23)15-8-4-10-20-12-15/h2-12H,13H2,1H3,(H,21,22,23). The number of aromatic nitrogens is 2. The van der Waals surface area contributed by atoms with E-state index in [-0.39, 0.29) is 5.91 Å². The molecule has 0 radical (unpaired) electrons. The third-order valence-electron chi connectivity index (χ3n) is 3.57. The summed E-state index contributed by atoms with van der Waals surface area (Å²) in [5.74, 6) is 0.639. The van der Waals surface area contributed by atoms with Crippen molar-refractivity contribution < 1.29 is 9.53 Å². The van der Waals surface area contributed by atoms with Crippen LogP contribution in [0.25, 0.3) is 0 Å². The summed E-state index contributed by atoms with van der Waals surface area (Å²) >= 11 is 0. The highest BCUT2D eigenvalue weighted by Gasteiger charge is 2.11. The van der Waals surface area contributed by atoms with Gasteiger partial charge in [-0.25, -0.2) is 4.98 Å². The van der Waals surface area contributed by atoms with Crippen molar-refractivity contribution in [2.75, 3.05) is 5.32 Å². The summed E-state index contributed by atoms with van der Waals surface area (Å²) in [5, 5.41) is 2.76. The lowest BCUT2D eigenvalue weighted by molar-refractivity contribution is 0.102. The number of amides is 1. The first kappa shape index (κ1) is 15.7. The maximum Gasteiger partial charge on any atom is 0.258 e. The number of hydrogen-bond donors (Lipinski definition) is 1. The molecule has 5 heteroatoms. The number of aryl methyl sites for hydroxylation is 1. The molecule has 0 bridgehead atoms. The van der Waals surface area contributed by atoms with Crippen LogP contribution in [0.2, 0.25) is 0 Å². The van der Waals surface area contributed by atoms with Crippen molar-refractivity contribution in [1.29, 1.82) is 0 Å². The molecule has 0 atom stereocenters. The van der Waals surface area contributed by atoms with E-state index in [4.69, 9.17) is 4.74 Å². The number of carbonyl (C=O) groups is 1. The molecular weight excluding hydrogens is 302 g/mol. The lowest BCUT2D eigenvalue weighted by atomic mass is 10.1. The first-order valence-corrected chi connectivity index (χ1v) is 7.58. The Morgan fingerprint density at radius 3 is 2.71 bits per heavy atom. The van der Waals surface area contributed by atoms with Crippen molar-refractivity contribution in [3.63, 3.8) is 0 Å². The zero-order valence-electron chi connectivity index (χ0n) is 13.3. The minimum absolute atomic E-state index is 0.275. The fraction of sp³-hybridized carbons (Fsp3) is 0.105. The van der Waals surface area contributed by atoms with Gasteiger partial charge in [-0.3, -0.25) is 9.78 Å². The number of hydrogen-bond acceptors (Lipinski definition) is 4. The Balaban J connectivity index is 1.74. The van der Waals surface area contributed by atoms with Crippen molar-refractivity contribution in [1.82, 2.24) is 9.97 Å². The van der Waals surface area contributed by atoms with Gasteiger partial charge in [0.05, 0.1) is 5.56 Å². The molecule has 1 aromatic carbocycles. The molecule has 0 spiro atoms. The number of nitrogens with one attached hydrogen (secondary N) is 1. The molecule has 0 aliphatic heterocycles. The molecule has 0 saturated carbocycles. The van der Waals surface area contributed by atoms with Gasteiger partial charge < -0.3 is 10.1 Å². The summed E-state index contributed by atoms with van der Waals surface area (Å²) in [6.45, 7) is 2.45. The Kier molecular flexibility index (Phi) is 4.81. The number of carbonyl (C=O) groups excluding carboxylic acids is 1. The minimum Gasteiger partial charge on any atom is -0.485 e. The lowest BCUT2D eigenvalue weighted by Crippen LogP contribution is -2.14. The van der Waals surface area contributed by atoms with Gasteiger partial charge in [0.25, 0.3) is 5.91 Å². The molecule has 24 heavy (non-hydrogen) atoms. The molecular formula is C19H17N3O2. The van der Waals surface area contributed by atoms with Crippen LogP contribution in [-0.2, 0) is 6.61 Å². The van der Waals surface area contributed by atoms with Crippen LogP contribution in [0, 0.1) is 6.92 Å². The van der Waals surface area contributed by atoms with Crippen LogP contribution in [0.5, 0.6) is 5.75 Å². The van der Waals surface area contributed by atoms with Crippen LogP contribution >= 0.6 is 0 Å². The summed E-state index contributed by atoms with van der Waals surface area (Å²) in [5.41, 5.74) is 2.71. The Bertz CT molecular complexity index is 835. The molecule has 0 aliphatic carbocycles. The third-order valence-corrected chi connectivity index (χ3v) is 3.57. The topological polar surface area (TPSA) is 64.1 Å². The zero-order valence-corrected chi connectivity index (χ0v) is 13.3. The fourth-order valence-electron chi connectivity index (χ4n) is 2.21. The summed E-state index contributed by atoms with van der Waals surface area (Å²) < 4.78 is 5.85. The Morgan fingerprint density at radius 1 is 1.08 bits per heavy atom. The summed E-state index contributed by atoms with van der Waals surface area (Å²) in [6, 6.07) is 15.0. The van der Waals surface area contributed by atoms with E-state index in [1.54, 1.807) is 36.7 Å². The van der Waals surface area contributed by atoms with E-state index in [1.807, 2.05) is 31.2 Å². The smallest absolute Gasteiger partial charge is 0.258 e. The molecule has 2 heterocycles. The third kappa shape index (κ3) is 3.76. The summed E-state index contributed by atoms with van der Waals surface area (Å²) in [6.07, 6.45) is 4.74. The van der Waals surface area contributed by atoms with E-state index in [2.05, 4.69) is 15.3 Å². The second-order valence-corrected chi connectivity index (χ2v) is 5.26. The van der Waals surface area contributed by atoms with Crippen LogP contribution in [-0.4, -0.2) is 15.9 Å². The van der Waals surface area contributed by atoms with Gasteiger partial charge in [-0.15, -0.1) is 0 Å². The van der Waals surface area contributed by atoms with Gasteiger partial charge in [-0.2, -0.15) is 0 Å². The van der Waals surface area contributed by atoms with Crippen LogP contribution < -0.4 is 10.1 Å². The highest BCUT2D eigenvalue weighted by molar-refractivity contribution is 6.04. The van der Waals surface area contributed by atoms with E-state index in [9.17, 15) is 4.79 Å². The van der Waals surface area contributed by atoms with E-state index in [0.717, 1.165) is 11.1 Å². The lowest BCUT2D eigenvalue weighted by Gasteiger charge is -2.12. The van der Waals surface area contributed by atoms with Crippen molar-refractivity contribution in [2.45, 2.75) is 13.5 Å². The number of benzene rings is 1. The van der Waals surface area contributed by atoms with Gasteiger partial charge in [0, 0.05) is 18.6 Å². The van der Waals surface area contributed by atoms with Crippen molar-refractivity contribution in [2.24, 2.45) is 0 Å². The second-order valence-electron chi connectivity index (χ2n) is 5.26. The van der Waals surface area contributed by atoms with Gasteiger partial charge in [0.15, 0.2) is 11.6 Å². The quantitative estimate of drug-likeness (QED) is 0.780. The Hall–Kier alpha value is -3.21. The highest BCUT2D eigenvalue weighted by Crippen LogP contribution is 2.23. The van der Waals surface area contributed by atoms with Crippen LogP contribution in [0.4, 0.5) is 5.82 Å². The fourth-order valence-corrected chi connectivity index (χ4v) is 2.21. The SMILES string of the molecule is Cc1ccccc1COc1cccnc1NC(=O)c1cccnc1. The molecule has 0 unspecified atom stereocenters. The molecule has 0 fully saturated rings. The van der Waals surface area contributed by atoms with E-state index in [0.29, 0.717) is 23.7 Å². The Labute approximate surface area is 140 Å². The Morgan fingerprint density at radius 2 is 1.92 bits per heavy atom. The number of nitrogens with zero attached hydrogens (tertiary/aromatic N) is 2. The molecule has 1 amide bonds. The predicted octanol–water partition coefficient (Wildman–Crippen LogP) is 3.62. The average Bonchev–Trinajstić information content (AvgIpc) is 2.63. The molecule has 120 valence electrons. The normalized spacial score (nSPS) is 10.2. The number of pyridine rings is 2. The van der Waals surface area contributed by atoms with E-state index in [1.165, 1.54) is 6.20 Å². The van der Waals surface area contributed by atoms with Crippen molar-refractivity contribution >= 4 is 11.7 Å². The highest BCUT2D eigenvalue weighted by atomic mass is 16.5. The van der Waals surface area contributed by atoms with E-state index < -0.39 is 0 Å². The zero-order chi connectivity index (χ0) is 16.8. The maximum absolute atomic E-state index is 12.2. The second kappa shape index (κ2) is 7.37. The molecule has 0 saturated heterocycles. The summed E-state index contributed by atoms with van der Waals surface area (Å²) in [4.78, 5) is 20.4. The molecule has 2 aromatic heterocycles. The number of anilines is 1. The van der Waals surface area contributed by atoms with Gasteiger partial charge in [0.1, 0.15) is 6.61 Å². The first-order valence-electron chi connectivity index (χ1n) is 7.58. The van der Waals surface area contributed by atoms with Gasteiger partial charge in [-0.1, -0.05) is 24.3 Å². The predicted molar refractivity (Wildman–Crippen MR) is 91.9 cm³/mol. The van der Waals surface area contributed by atoms with Crippen LogP contribution in [0.15, 0.2) is 67.1 Å². The first-order chi connectivity index (χ1) is 11.7. The van der Waals surface area contributed by atoms with Gasteiger partial charge >= 0.3 is 0 Å². The van der Waals surface area contributed by atoms with Crippen molar-refractivity contribution in [3.05, 3.63) is 83.8 Å². The van der Waals surface area contributed by atoms with E-state index >= 15 is 0 Å². The number of ether oxygens (including phenoxy) is 1. The molecule has 3 rings (SSSR count). The maximum atomic E-state index is 12.2. The molecule has 1 N–H and O–H groups in total. The number of rotatable bonds is 5. The van der Waals surface area contributed by atoms with Crippen molar-refractivity contribution in [3.8, 4) is 5.75 Å². The monoisotopic (exact) mass is 319 g/mol. The van der Waals surface area contributed by atoms with Crippen LogP contribution in [0.1, 0.15) is 21.5 Å². The molecule has 0 aliphatic rings. The van der Waals surface area contributed by atoms with Gasteiger partial charge in [-0.05, 0) is 42.3 Å². The largest absolute Gasteiger partial charge is 0.485 e. The average molecular weight is 319 g/mol. The minimum atomic E-state index is -0.275. The van der Waals surface area contributed by atoms with Crippen LogP contribution in [0.3, 0.4) is 0 Å². The molecule has 5 nitrogen and oxygen atoms in total. The molecule has 3 aromatic rings. The van der Waals surface area contributed by atoms with Gasteiger partial charge in [0.2, 0.25) is 0 Å². The summed E-state index contributed by atoms with van der Waals surface area (Å²) in [7, 11) is 0.